The Morgan fingerprint density at radius 2 is 1.82 bits per heavy atom. The SMILES string of the molecule is O=C(Nc1ccc2oc(=O)ccc2c1)c1cc(Cl)ccc1Cl. The maximum Gasteiger partial charge on any atom is 0.336 e. The number of carbonyl (C=O) groups excluding carboxylic acids is 1. The predicted molar refractivity (Wildman–Crippen MR) is 86.9 cm³/mol. The Bertz CT molecular complexity index is 934. The molecule has 4 nitrogen and oxygen atoms in total. The molecular weight excluding hydrogens is 325 g/mol. The van der Waals surface area contributed by atoms with Crippen molar-refractivity contribution in [2.45, 2.75) is 0 Å². The van der Waals surface area contributed by atoms with Crippen LogP contribution >= 0.6 is 23.2 Å². The lowest BCUT2D eigenvalue weighted by molar-refractivity contribution is 0.102. The van der Waals surface area contributed by atoms with E-state index in [1.807, 2.05) is 0 Å². The summed E-state index contributed by atoms with van der Waals surface area (Å²) in [4.78, 5) is 23.4. The third-order valence-electron chi connectivity index (χ3n) is 3.05. The average Bonchev–Trinajstić information content (AvgIpc) is 2.49. The molecule has 0 saturated carbocycles. The molecule has 110 valence electrons. The lowest BCUT2D eigenvalue weighted by atomic mass is 10.2. The first kappa shape index (κ1) is 14.6. The van der Waals surface area contributed by atoms with E-state index in [1.165, 1.54) is 12.1 Å². The normalized spacial score (nSPS) is 10.6. The first-order valence-electron chi connectivity index (χ1n) is 6.33. The van der Waals surface area contributed by atoms with Crippen LogP contribution in [0.4, 0.5) is 5.69 Å². The zero-order valence-corrected chi connectivity index (χ0v) is 12.6. The quantitative estimate of drug-likeness (QED) is 0.709. The van der Waals surface area contributed by atoms with Crippen molar-refractivity contribution < 1.29 is 9.21 Å². The van der Waals surface area contributed by atoms with Gasteiger partial charge in [0.25, 0.3) is 5.91 Å². The van der Waals surface area contributed by atoms with E-state index >= 15 is 0 Å². The molecule has 1 amide bonds. The lowest BCUT2D eigenvalue weighted by Gasteiger charge is -2.08. The molecule has 2 aromatic carbocycles. The second-order valence-corrected chi connectivity index (χ2v) is 5.43. The van der Waals surface area contributed by atoms with Crippen LogP contribution in [0.5, 0.6) is 0 Å². The van der Waals surface area contributed by atoms with Crippen molar-refractivity contribution in [3.8, 4) is 0 Å². The first-order chi connectivity index (χ1) is 10.5. The Hall–Kier alpha value is -2.30. The summed E-state index contributed by atoms with van der Waals surface area (Å²) in [5.41, 5.74) is 0.873. The molecule has 3 rings (SSSR count). The molecule has 1 heterocycles. The van der Waals surface area contributed by atoms with Crippen molar-refractivity contribution in [2.24, 2.45) is 0 Å². The number of nitrogens with one attached hydrogen (secondary N) is 1. The molecule has 0 saturated heterocycles. The van der Waals surface area contributed by atoms with Crippen molar-refractivity contribution in [1.29, 1.82) is 0 Å². The highest BCUT2D eigenvalue weighted by Gasteiger charge is 2.11. The molecule has 0 spiro atoms. The van der Waals surface area contributed by atoms with E-state index in [0.29, 0.717) is 26.7 Å². The summed E-state index contributed by atoms with van der Waals surface area (Å²) in [5, 5.41) is 4.17. The number of carbonyl (C=O) groups is 1. The molecule has 22 heavy (non-hydrogen) atoms. The first-order valence-corrected chi connectivity index (χ1v) is 7.09. The van der Waals surface area contributed by atoms with Crippen molar-refractivity contribution in [1.82, 2.24) is 0 Å². The minimum atomic E-state index is -0.421. The van der Waals surface area contributed by atoms with Gasteiger partial charge in [0.05, 0.1) is 10.6 Å². The molecule has 0 bridgehead atoms. The maximum atomic E-state index is 12.2. The average molecular weight is 334 g/mol. The number of anilines is 1. The largest absolute Gasteiger partial charge is 0.423 e. The van der Waals surface area contributed by atoms with Gasteiger partial charge in [0.15, 0.2) is 0 Å². The fourth-order valence-corrected chi connectivity index (χ4v) is 2.40. The molecule has 0 aliphatic heterocycles. The van der Waals surface area contributed by atoms with Crippen LogP contribution in [0.3, 0.4) is 0 Å². The number of hydrogen-bond acceptors (Lipinski definition) is 3. The third-order valence-corrected chi connectivity index (χ3v) is 3.61. The van der Waals surface area contributed by atoms with Crippen LogP contribution < -0.4 is 10.9 Å². The van der Waals surface area contributed by atoms with Gasteiger partial charge in [-0.1, -0.05) is 23.2 Å². The number of halogens is 2. The third kappa shape index (κ3) is 2.98. The van der Waals surface area contributed by atoms with Crippen LogP contribution in [0.25, 0.3) is 11.0 Å². The van der Waals surface area contributed by atoms with Gasteiger partial charge < -0.3 is 9.73 Å². The molecule has 1 N–H and O–H groups in total. The zero-order chi connectivity index (χ0) is 15.7. The Kier molecular flexibility index (Phi) is 3.88. The minimum Gasteiger partial charge on any atom is -0.423 e. The van der Waals surface area contributed by atoms with Crippen LogP contribution in [-0.4, -0.2) is 5.91 Å². The smallest absolute Gasteiger partial charge is 0.336 e. The Labute approximate surface area is 135 Å². The topological polar surface area (TPSA) is 59.3 Å². The van der Waals surface area contributed by atoms with Crippen molar-refractivity contribution in [2.75, 3.05) is 5.32 Å². The molecule has 3 aromatic rings. The van der Waals surface area contributed by atoms with Crippen molar-refractivity contribution in [3.63, 3.8) is 0 Å². The Morgan fingerprint density at radius 1 is 1.00 bits per heavy atom. The zero-order valence-electron chi connectivity index (χ0n) is 11.1. The summed E-state index contributed by atoms with van der Waals surface area (Å²) in [6.45, 7) is 0. The molecule has 0 radical (unpaired) electrons. The van der Waals surface area contributed by atoms with Gasteiger partial charge in [-0.3, -0.25) is 4.79 Å². The standard InChI is InChI=1S/C16H9Cl2NO3/c17-10-2-4-13(18)12(8-10)16(21)19-11-3-5-14-9(7-11)1-6-15(20)22-14/h1-8H,(H,19,21). The highest BCUT2D eigenvalue weighted by Crippen LogP contribution is 2.23. The number of rotatable bonds is 2. The van der Waals surface area contributed by atoms with Crippen LogP contribution in [0.1, 0.15) is 10.4 Å². The van der Waals surface area contributed by atoms with Crippen molar-refractivity contribution in [3.05, 3.63) is 74.6 Å². The minimum absolute atomic E-state index is 0.286. The summed E-state index contributed by atoms with van der Waals surface area (Å²) in [5.74, 6) is -0.371. The summed E-state index contributed by atoms with van der Waals surface area (Å²) in [7, 11) is 0. The highest BCUT2D eigenvalue weighted by atomic mass is 35.5. The molecule has 0 aliphatic carbocycles. The summed E-state index contributed by atoms with van der Waals surface area (Å²) < 4.78 is 5.03. The molecule has 6 heteroatoms. The van der Waals surface area contributed by atoms with Crippen LogP contribution in [0.15, 0.2) is 57.7 Å². The van der Waals surface area contributed by atoms with E-state index in [1.54, 1.807) is 36.4 Å². The number of fused-ring (bicyclic) bond motifs is 1. The van der Waals surface area contributed by atoms with Crippen LogP contribution in [0, 0.1) is 0 Å². The van der Waals surface area contributed by atoms with Gasteiger partial charge in [0.1, 0.15) is 5.58 Å². The maximum absolute atomic E-state index is 12.2. The molecule has 0 aliphatic rings. The van der Waals surface area contributed by atoms with Gasteiger partial charge in [-0.25, -0.2) is 4.79 Å². The second kappa shape index (κ2) is 5.83. The van der Waals surface area contributed by atoms with E-state index in [0.717, 1.165) is 0 Å². The van der Waals surface area contributed by atoms with Gasteiger partial charge in [0, 0.05) is 22.2 Å². The number of hydrogen-bond donors (Lipinski definition) is 1. The van der Waals surface area contributed by atoms with E-state index in [2.05, 4.69) is 5.32 Å². The fourth-order valence-electron chi connectivity index (χ4n) is 2.02. The van der Waals surface area contributed by atoms with E-state index in [4.69, 9.17) is 27.6 Å². The van der Waals surface area contributed by atoms with E-state index in [-0.39, 0.29) is 11.5 Å². The van der Waals surface area contributed by atoms with Gasteiger partial charge in [0.2, 0.25) is 0 Å². The van der Waals surface area contributed by atoms with E-state index in [9.17, 15) is 9.59 Å². The van der Waals surface area contributed by atoms with Crippen molar-refractivity contribution >= 4 is 45.8 Å². The number of benzene rings is 2. The summed E-state index contributed by atoms with van der Waals surface area (Å²) in [6, 6.07) is 12.6. The highest BCUT2D eigenvalue weighted by molar-refractivity contribution is 6.36. The molecule has 0 unspecified atom stereocenters. The molecular formula is C16H9Cl2NO3. The number of amides is 1. The monoisotopic (exact) mass is 333 g/mol. The molecule has 1 aromatic heterocycles. The van der Waals surface area contributed by atoms with Gasteiger partial charge in [-0.15, -0.1) is 0 Å². The van der Waals surface area contributed by atoms with Crippen LogP contribution in [0.2, 0.25) is 10.0 Å². The van der Waals surface area contributed by atoms with E-state index < -0.39 is 5.63 Å². The van der Waals surface area contributed by atoms with Gasteiger partial charge >= 0.3 is 5.63 Å². The van der Waals surface area contributed by atoms with Gasteiger partial charge in [-0.05, 0) is 42.5 Å². The lowest BCUT2D eigenvalue weighted by Crippen LogP contribution is -2.12. The molecule has 0 fully saturated rings. The molecule has 0 atom stereocenters. The summed E-state index contributed by atoms with van der Waals surface area (Å²) in [6.07, 6.45) is 0. The Morgan fingerprint density at radius 3 is 2.64 bits per heavy atom. The predicted octanol–water partition coefficient (Wildman–Crippen LogP) is 4.35. The van der Waals surface area contributed by atoms with Gasteiger partial charge in [-0.2, -0.15) is 0 Å². The second-order valence-electron chi connectivity index (χ2n) is 4.59. The fraction of sp³-hybridized carbons (Fsp3) is 0. The van der Waals surface area contributed by atoms with Crippen LogP contribution in [-0.2, 0) is 0 Å². The summed E-state index contributed by atoms with van der Waals surface area (Å²) >= 11 is 11.9. The Balaban J connectivity index is 1.92.